The molecular weight excluding hydrogens is 373 g/mol. The molecule has 29 heavy (non-hydrogen) atoms. The van der Waals surface area contributed by atoms with E-state index in [0.717, 1.165) is 44.3 Å². The number of ether oxygens (including phenoxy) is 2. The van der Waals surface area contributed by atoms with Crippen LogP contribution in [0.15, 0.2) is 12.1 Å². The Morgan fingerprint density at radius 1 is 1.31 bits per heavy atom. The van der Waals surface area contributed by atoms with Crippen LogP contribution in [0.5, 0.6) is 11.5 Å². The Kier molecular flexibility index (Phi) is 6.00. The minimum absolute atomic E-state index is 0.00990. The summed E-state index contributed by atoms with van der Waals surface area (Å²) in [6.45, 7) is 4.74. The number of rotatable bonds is 6. The third kappa shape index (κ3) is 4.23. The number of carboxylic acid groups (broad SMARTS) is 1. The van der Waals surface area contributed by atoms with Gasteiger partial charge in [0, 0.05) is 17.5 Å². The molecule has 1 saturated heterocycles. The number of halogens is 1. The highest BCUT2D eigenvalue weighted by Gasteiger charge is 2.44. The molecule has 4 rings (SSSR count). The van der Waals surface area contributed by atoms with E-state index in [1.165, 1.54) is 19.3 Å². The molecule has 1 aliphatic carbocycles. The number of carbonyl (C=O) groups is 1. The van der Waals surface area contributed by atoms with Crippen LogP contribution in [0.3, 0.4) is 0 Å². The van der Waals surface area contributed by atoms with E-state index in [1.807, 2.05) is 6.07 Å². The Morgan fingerprint density at radius 3 is 2.72 bits per heavy atom. The third-order valence-corrected chi connectivity index (χ3v) is 7.21. The smallest absolute Gasteiger partial charge is 0.304 e. The molecule has 2 fully saturated rings. The van der Waals surface area contributed by atoms with Crippen molar-refractivity contribution in [3.63, 3.8) is 0 Å². The summed E-state index contributed by atoms with van der Waals surface area (Å²) < 4.78 is 27.1. The average molecular weight is 406 g/mol. The van der Waals surface area contributed by atoms with Crippen LogP contribution < -0.4 is 9.47 Å². The van der Waals surface area contributed by atoms with Crippen molar-refractivity contribution >= 4 is 5.97 Å². The predicted molar refractivity (Wildman–Crippen MR) is 108 cm³/mol. The van der Waals surface area contributed by atoms with Crippen molar-refractivity contribution in [3.8, 4) is 11.5 Å². The fourth-order valence-electron chi connectivity index (χ4n) is 5.25. The summed E-state index contributed by atoms with van der Waals surface area (Å²) in [5, 5.41) is 8.88. The first kappa shape index (κ1) is 20.5. The van der Waals surface area contributed by atoms with Gasteiger partial charge in [0.15, 0.2) is 11.5 Å². The van der Waals surface area contributed by atoms with Gasteiger partial charge in [0.25, 0.3) is 0 Å². The molecule has 1 spiro atoms. The standard InChI is InChI=1S/C23H32FNO4/c1-16(17-5-3-2-4-6-17)29-19-8-7-18-22(21(19)24)28-15-23(18)10-13-25(14-11-23)12-9-20(26)27/h7-8,16-17H,2-6,9-15H2,1H3,(H,26,27). The molecule has 160 valence electrons. The van der Waals surface area contributed by atoms with Crippen molar-refractivity contribution < 1.29 is 23.8 Å². The topological polar surface area (TPSA) is 59.0 Å². The second-order valence-electron chi connectivity index (χ2n) is 9.03. The number of likely N-dealkylation sites (tertiary alicyclic amines) is 1. The number of benzene rings is 1. The maximum atomic E-state index is 15.2. The monoisotopic (exact) mass is 405 g/mol. The second kappa shape index (κ2) is 8.50. The van der Waals surface area contributed by atoms with Crippen LogP contribution in [0.4, 0.5) is 4.39 Å². The Hall–Kier alpha value is -1.82. The summed E-state index contributed by atoms with van der Waals surface area (Å²) in [4.78, 5) is 13.0. The lowest BCUT2D eigenvalue weighted by Crippen LogP contribution is -2.44. The van der Waals surface area contributed by atoms with Crippen molar-refractivity contribution in [2.45, 2.75) is 69.8 Å². The first-order valence-electron chi connectivity index (χ1n) is 11.1. The molecule has 1 aromatic rings. The van der Waals surface area contributed by atoms with Crippen LogP contribution in [0.1, 0.15) is 63.9 Å². The van der Waals surface area contributed by atoms with Crippen LogP contribution in [-0.2, 0) is 10.2 Å². The first-order chi connectivity index (χ1) is 14.0. The van der Waals surface area contributed by atoms with Crippen molar-refractivity contribution in [1.29, 1.82) is 0 Å². The van der Waals surface area contributed by atoms with Crippen molar-refractivity contribution in [3.05, 3.63) is 23.5 Å². The first-order valence-corrected chi connectivity index (χ1v) is 11.1. The zero-order chi connectivity index (χ0) is 20.4. The van der Waals surface area contributed by atoms with E-state index < -0.39 is 5.97 Å². The minimum Gasteiger partial charge on any atom is -0.489 e. The van der Waals surface area contributed by atoms with Crippen molar-refractivity contribution in [2.75, 3.05) is 26.2 Å². The summed E-state index contributed by atoms with van der Waals surface area (Å²) in [7, 11) is 0. The highest BCUT2D eigenvalue weighted by atomic mass is 19.1. The molecule has 6 heteroatoms. The average Bonchev–Trinajstić information content (AvgIpc) is 3.09. The number of hydrogen-bond acceptors (Lipinski definition) is 4. The molecular formula is C23H32FNO4. The molecule has 3 aliphatic rings. The molecule has 0 amide bonds. The number of nitrogens with zero attached hydrogens (tertiary/aromatic N) is 1. The zero-order valence-electron chi connectivity index (χ0n) is 17.3. The number of piperidine rings is 1. The molecule has 1 unspecified atom stereocenters. The Bertz CT molecular complexity index is 739. The van der Waals surface area contributed by atoms with Gasteiger partial charge in [-0.2, -0.15) is 4.39 Å². The van der Waals surface area contributed by atoms with E-state index in [-0.39, 0.29) is 23.8 Å². The highest BCUT2D eigenvalue weighted by molar-refractivity contribution is 5.66. The van der Waals surface area contributed by atoms with Gasteiger partial charge in [-0.05, 0) is 57.7 Å². The number of fused-ring (bicyclic) bond motifs is 2. The molecule has 0 aromatic heterocycles. The molecule has 1 N–H and O–H groups in total. The van der Waals surface area contributed by atoms with Gasteiger partial charge in [-0.25, -0.2) is 0 Å². The molecule has 0 radical (unpaired) electrons. The van der Waals surface area contributed by atoms with E-state index in [9.17, 15) is 4.79 Å². The lowest BCUT2D eigenvalue weighted by atomic mass is 9.74. The van der Waals surface area contributed by atoms with Gasteiger partial charge in [0.1, 0.15) is 0 Å². The number of carboxylic acids is 1. The SMILES string of the molecule is CC(Oc1ccc2c(c1F)OCC21CCN(CCC(=O)O)CC1)C1CCCCC1. The third-order valence-electron chi connectivity index (χ3n) is 7.21. The fraction of sp³-hybridized carbons (Fsp3) is 0.696. The fourth-order valence-corrected chi connectivity index (χ4v) is 5.25. The molecule has 1 aromatic carbocycles. The van der Waals surface area contributed by atoms with Crippen LogP contribution >= 0.6 is 0 Å². The van der Waals surface area contributed by atoms with Gasteiger partial charge in [-0.1, -0.05) is 25.3 Å². The highest BCUT2D eigenvalue weighted by Crippen LogP contribution is 2.48. The minimum atomic E-state index is -0.767. The van der Waals surface area contributed by atoms with Gasteiger partial charge in [0.2, 0.25) is 5.82 Å². The van der Waals surface area contributed by atoms with Crippen LogP contribution in [0.25, 0.3) is 0 Å². The maximum absolute atomic E-state index is 15.2. The van der Waals surface area contributed by atoms with Gasteiger partial charge < -0.3 is 19.5 Å². The largest absolute Gasteiger partial charge is 0.489 e. The second-order valence-corrected chi connectivity index (χ2v) is 9.03. The summed E-state index contributed by atoms with van der Waals surface area (Å²) in [5.41, 5.74) is 0.786. The van der Waals surface area contributed by atoms with Gasteiger partial charge in [0.05, 0.1) is 19.1 Å². The Labute approximate surface area is 172 Å². The van der Waals surface area contributed by atoms with Gasteiger partial charge >= 0.3 is 5.97 Å². The maximum Gasteiger partial charge on any atom is 0.304 e. The molecule has 1 saturated carbocycles. The molecule has 2 heterocycles. The lowest BCUT2D eigenvalue weighted by molar-refractivity contribution is -0.137. The van der Waals surface area contributed by atoms with E-state index in [0.29, 0.717) is 30.6 Å². The molecule has 1 atom stereocenters. The molecule has 2 aliphatic heterocycles. The van der Waals surface area contributed by atoms with Crippen molar-refractivity contribution in [2.24, 2.45) is 5.92 Å². The van der Waals surface area contributed by atoms with Crippen LogP contribution in [0, 0.1) is 11.7 Å². The summed E-state index contributed by atoms with van der Waals surface area (Å²) >= 11 is 0. The van der Waals surface area contributed by atoms with Crippen LogP contribution in [-0.4, -0.2) is 48.3 Å². The summed E-state index contributed by atoms with van der Waals surface area (Å²) in [6, 6.07) is 3.77. The van der Waals surface area contributed by atoms with E-state index >= 15 is 4.39 Å². The normalized spacial score (nSPS) is 22.8. The van der Waals surface area contributed by atoms with Crippen molar-refractivity contribution in [1.82, 2.24) is 4.90 Å². The predicted octanol–water partition coefficient (Wildman–Crippen LogP) is 4.37. The zero-order valence-corrected chi connectivity index (χ0v) is 17.3. The summed E-state index contributed by atoms with van der Waals surface area (Å²) in [5.74, 6) is 0.0288. The van der Waals surface area contributed by atoms with Gasteiger partial charge in [-0.3, -0.25) is 4.79 Å². The number of hydrogen-bond donors (Lipinski definition) is 1. The Morgan fingerprint density at radius 2 is 2.03 bits per heavy atom. The molecule has 0 bridgehead atoms. The summed E-state index contributed by atoms with van der Waals surface area (Å²) in [6.07, 6.45) is 7.97. The van der Waals surface area contributed by atoms with E-state index in [1.54, 1.807) is 6.07 Å². The lowest BCUT2D eigenvalue weighted by Gasteiger charge is -2.38. The van der Waals surface area contributed by atoms with Gasteiger partial charge in [-0.15, -0.1) is 0 Å². The van der Waals surface area contributed by atoms with E-state index in [2.05, 4.69) is 11.8 Å². The molecule has 5 nitrogen and oxygen atoms in total. The number of aliphatic carboxylic acids is 1. The quantitative estimate of drug-likeness (QED) is 0.761. The Balaban J connectivity index is 1.43. The van der Waals surface area contributed by atoms with Crippen LogP contribution in [0.2, 0.25) is 0 Å². The van der Waals surface area contributed by atoms with E-state index in [4.69, 9.17) is 14.6 Å².